The van der Waals surface area contributed by atoms with Crippen LogP contribution in [0.5, 0.6) is 0 Å². The van der Waals surface area contributed by atoms with Gasteiger partial charge in [-0.05, 0) is 38.1 Å². The number of hydrogen-bond acceptors (Lipinski definition) is 5. The third kappa shape index (κ3) is 2.53. The molecule has 0 saturated carbocycles. The van der Waals surface area contributed by atoms with E-state index in [-0.39, 0.29) is 11.6 Å². The Balaban J connectivity index is 1.79. The molecule has 3 aromatic rings. The zero-order chi connectivity index (χ0) is 16.8. The van der Waals surface area contributed by atoms with Gasteiger partial charge in [0.1, 0.15) is 0 Å². The molecule has 1 aromatic carbocycles. The van der Waals surface area contributed by atoms with Crippen molar-refractivity contribution in [3.8, 4) is 0 Å². The van der Waals surface area contributed by atoms with E-state index in [9.17, 15) is 4.79 Å². The molecule has 3 heterocycles. The number of esters is 1. The molecule has 1 aliphatic heterocycles. The molecule has 0 saturated heterocycles. The Hall–Kier alpha value is -2.44. The highest BCUT2D eigenvalue weighted by Crippen LogP contribution is 2.25. The first kappa shape index (κ1) is 15.1. The molecule has 2 aromatic heterocycles. The van der Waals surface area contributed by atoms with Gasteiger partial charge in [-0.15, -0.1) is 11.3 Å². The maximum absolute atomic E-state index is 12.2. The number of benzene rings is 1. The number of ether oxygens (including phenoxy) is 1. The summed E-state index contributed by atoms with van der Waals surface area (Å²) in [6.07, 6.45) is 3.70. The Kier molecular flexibility index (Phi) is 3.51. The average molecular weight is 358 g/mol. The summed E-state index contributed by atoms with van der Waals surface area (Å²) in [6, 6.07) is 7.05. The van der Waals surface area contributed by atoms with Gasteiger partial charge in [-0.25, -0.2) is 14.8 Å². The number of imidazole rings is 1. The molecule has 0 amide bonds. The van der Waals surface area contributed by atoms with Gasteiger partial charge in [0.05, 0.1) is 11.4 Å². The molecule has 5 nitrogen and oxygen atoms in total. The summed E-state index contributed by atoms with van der Waals surface area (Å²) >= 11 is 7.58. The fraction of sp³-hybridized carbons (Fsp3) is 0.118. The van der Waals surface area contributed by atoms with Crippen LogP contribution in [0.2, 0.25) is 5.02 Å². The Morgan fingerprint density at radius 2 is 2.17 bits per heavy atom. The van der Waals surface area contributed by atoms with Crippen molar-refractivity contribution >= 4 is 45.8 Å². The topological polar surface area (TPSA) is 56.0 Å². The van der Waals surface area contributed by atoms with Gasteiger partial charge in [-0.2, -0.15) is 0 Å². The van der Waals surface area contributed by atoms with E-state index in [2.05, 4.69) is 9.98 Å². The van der Waals surface area contributed by atoms with Gasteiger partial charge in [0.15, 0.2) is 10.7 Å². The number of aliphatic imine (C=N–C) groups is 1. The van der Waals surface area contributed by atoms with Crippen molar-refractivity contribution < 1.29 is 9.53 Å². The zero-order valence-electron chi connectivity index (χ0n) is 12.9. The minimum atomic E-state index is -0.480. The standard InChI is InChI=1S/C17H12ClN3O2S/c1-9-8-21-14(10(2)19-17(21)24-9)7-13-16(22)23-15(20-13)11-4-3-5-12(18)6-11/h3-8H,1-2H3. The van der Waals surface area contributed by atoms with Crippen LogP contribution in [0.25, 0.3) is 11.0 Å². The first-order valence-electron chi connectivity index (χ1n) is 7.25. The van der Waals surface area contributed by atoms with E-state index in [1.54, 1.807) is 41.7 Å². The molecule has 7 heteroatoms. The molecular formula is C17H12ClN3O2S. The lowest BCUT2D eigenvalue weighted by molar-refractivity contribution is -0.129. The molecule has 0 atom stereocenters. The van der Waals surface area contributed by atoms with Crippen LogP contribution in [0, 0.1) is 13.8 Å². The van der Waals surface area contributed by atoms with Gasteiger partial charge < -0.3 is 4.74 Å². The molecule has 120 valence electrons. The third-order valence-corrected chi connectivity index (χ3v) is 4.76. The van der Waals surface area contributed by atoms with E-state index in [0.29, 0.717) is 10.6 Å². The van der Waals surface area contributed by atoms with Crippen LogP contribution in [-0.2, 0) is 9.53 Å². The summed E-state index contributed by atoms with van der Waals surface area (Å²) in [4.78, 5) is 23.0. The van der Waals surface area contributed by atoms with Crippen molar-refractivity contribution in [2.75, 3.05) is 0 Å². The van der Waals surface area contributed by atoms with Crippen LogP contribution in [0.4, 0.5) is 0 Å². The molecule has 4 rings (SSSR count). The van der Waals surface area contributed by atoms with E-state index in [0.717, 1.165) is 21.2 Å². The second-order valence-corrected chi connectivity index (χ2v) is 7.07. The predicted molar refractivity (Wildman–Crippen MR) is 94.6 cm³/mol. The average Bonchev–Trinajstić information content (AvgIpc) is 3.15. The minimum Gasteiger partial charge on any atom is -0.402 e. The summed E-state index contributed by atoms with van der Waals surface area (Å²) in [5.41, 5.74) is 2.59. The van der Waals surface area contributed by atoms with Crippen LogP contribution >= 0.6 is 22.9 Å². The number of carbonyl (C=O) groups is 1. The van der Waals surface area contributed by atoms with Crippen molar-refractivity contribution in [2.45, 2.75) is 13.8 Å². The van der Waals surface area contributed by atoms with Crippen molar-refractivity contribution in [2.24, 2.45) is 4.99 Å². The lowest BCUT2D eigenvalue weighted by Crippen LogP contribution is -2.05. The van der Waals surface area contributed by atoms with E-state index < -0.39 is 5.97 Å². The van der Waals surface area contributed by atoms with Crippen LogP contribution in [0.15, 0.2) is 41.2 Å². The van der Waals surface area contributed by atoms with Crippen LogP contribution < -0.4 is 0 Å². The number of halogens is 1. The van der Waals surface area contributed by atoms with Gasteiger partial charge in [0, 0.05) is 21.7 Å². The first-order valence-corrected chi connectivity index (χ1v) is 8.44. The highest BCUT2D eigenvalue weighted by atomic mass is 35.5. The predicted octanol–water partition coefficient (Wildman–Crippen LogP) is 4.01. The normalized spacial score (nSPS) is 16.0. The molecule has 0 bridgehead atoms. The Bertz CT molecular complexity index is 1050. The lowest BCUT2D eigenvalue weighted by Gasteiger charge is -1.98. The highest BCUT2D eigenvalue weighted by molar-refractivity contribution is 7.17. The fourth-order valence-corrected chi connectivity index (χ4v) is 3.61. The van der Waals surface area contributed by atoms with E-state index >= 15 is 0 Å². The molecule has 0 unspecified atom stereocenters. The number of hydrogen-bond donors (Lipinski definition) is 0. The molecule has 0 fully saturated rings. The quantitative estimate of drug-likeness (QED) is 0.514. The number of fused-ring (bicyclic) bond motifs is 1. The van der Waals surface area contributed by atoms with Crippen molar-refractivity contribution in [1.29, 1.82) is 0 Å². The Morgan fingerprint density at radius 3 is 2.96 bits per heavy atom. The van der Waals surface area contributed by atoms with E-state index in [1.165, 1.54) is 0 Å². The van der Waals surface area contributed by atoms with Gasteiger partial charge in [-0.3, -0.25) is 4.40 Å². The molecule has 0 aliphatic carbocycles. The van der Waals surface area contributed by atoms with Gasteiger partial charge in [0.2, 0.25) is 5.90 Å². The van der Waals surface area contributed by atoms with Gasteiger partial charge >= 0.3 is 5.97 Å². The SMILES string of the molecule is Cc1cn2c(C=C3N=C(c4cccc(Cl)c4)OC3=O)c(C)nc2s1. The Morgan fingerprint density at radius 1 is 1.33 bits per heavy atom. The molecular weight excluding hydrogens is 346 g/mol. The second kappa shape index (κ2) is 5.58. The fourth-order valence-electron chi connectivity index (χ4n) is 2.54. The summed E-state index contributed by atoms with van der Waals surface area (Å²) in [5.74, 6) is -0.222. The zero-order valence-corrected chi connectivity index (χ0v) is 14.5. The van der Waals surface area contributed by atoms with Crippen LogP contribution in [0.1, 0.15) is 21.8 Å². The smallest absolute Gasteiger partial charge is 0.363 e. The first-order chi connectivity index (χ1) is 11.5. The summed E-state index contributed by atoms with van der Waals surface area (Å²) < 4.78 is 7.24. The number of thiazole rings is 1. The molecule has 1 aliphatic rings. The van der Waals surface area contributed by atoms with Gasteiger partial charge in [-0.1, -0.05) is 17.7 Å². The number of rotatable bonds is 2. The summed E-state index contributed by atoms with van der Waals surface area (Å²) in [7, 11) is 0. The maximum Gasteiger partial charge on any atom is 0.363 e. The van der Waals surface area contributed by atoms with E-state index in [1.807, 2.05) is 24.4 Å². The molecule has 24 heavy (non-hydrogen) atoms. The molecule has 0 spiro atoms. The maximum atomic E-state index is 12.2. The largest absolute Gasteiger partial charge is 0.402 e. The summed E-state index contributed by atoms with van der Waals surface area (Å²) in [5, 5.41) is 0.561. The number of aryl methyl sites for hydroxylation is 2. The van der Waals surface area contributed by atoms with Crippen molar-refractivity contribution in [3.63, 3.8) is 0 Å². The van der Waals surface area contributed by atoms with Crippen LogP contribution in [-0.4, -0.2) is 21.3 Å². The van der Waals surface area contributed by atoms with E-state index in [4.69, 9.17) is 16.3 Å². The molecule has 0 radical (unpaired) electrons. The highest BCUT2D eigenvalue weighted by Gasteiger charge is 2.25. The third-order valence-electron chi connectivity index (χ3n) is 3.63. The van der Waals surface area contributed by atoms with Crippen LogP contribution in [0.3, 0.4) is 0 Å². The van der Waals surface area contributed by atoms with Gasteiger partial charge in [0.25, 0.3) is 0 Å². The number of aromatic nitrogens is 2. The van der Waals surface area contributed by atoms with Crippen molar-refractivity contribution in [1.82, 2.24) is 9.38 Å². The number of cyclic esters (lactones) is 1. The summed E-state index contributed by atoms with van der Waals surface area (Å²) in [6.45, 7) is 3.92. The Labute approximate surface area is 146 Å². The number of nitrogens with zero attached hydrogens (tertiary/aromatic N) is 3. The second-order valence-electron chi connectivity index (χ2n) is 5.42. The lowest BCUT2D eigenvalue weighted by atomic mass is 10.2. The molecule has 0 N–H and O–H groups in total. The van der Waals surface area contributed by atoms with Crippen molar-refractivity contribution in [3.05, 3.63) is 63.0 Å². The number of carbonyl (C=O) groups excluding carboxylic acids is 1. The minimum absolute atomic E-state index is 0.249. The monoisotopic (exact) mass is 357 g/mol.